The zero-order chi connectivity index (χ0) is 14.9. The third-order valence-electron chi connectivity index (χ3n) is 4.38. The van der Waals surface area contributed by atoms with Crippen molar-refractivity contribution in [1.29, 1.82) is 0 Å². The van der Waals surface area contributed by atoms with Crippen LogP contribution in [-0.2, 0) is 0 Å². The molecular formula is C15H26N4OS. The molecule has 1 aromatic heterocycles. The molecule has 1 unspecified atom stereocenters. The summed E-state index contributed by atoms with van der Waals surface area (Å²) in [7, 11) is 0. The van der Waals surface area contributed by atoms with E-state index in [-0.39, 0.29) is 12.1 Å². The molecule has 0 saturated heterocycles. The molecule has 0 aliphatic heterocycles. The summed E-state index contributed by atoms with van der Waals surface area (Å²) < 4.78 is 2.39. The minimum Gasteiger partial charge on any atom is -0.394 e. The Morgan fingerprint density at radius 2 is 2.10 bits per heavy atom. The van der Waals surface area contributed by atoms with E-state index >= 15 is 0 Å². The maximum atomic E-state index is 9.55. The Morgan fingerprint density at radius 3 is 2.67 bits per heavy atom. The molecule has 1 aromatic rings. The van der Waals surface area contributed by atoms with Gasteiger partial charge < -0.3 is 15.0 Å². The molecule has 2 N–H and O–H groups in total. The summed E-state index contributed by atoms with van der Waals surface area (Å²) in [5.74, 6) is 2.84. The van der Waals surface area contributed by atoms with Gasteiger partial charge in [-0.05, 0) is 45.6 Å². The van der Waals surface area contributed by atoms with E-state index in [1.165, 1.54) is 31.5 Å². The van der Waals surface area contributed by atoms with Gasteiger partial charge >= 0.3 is 0 Å². The van der Waals surface area contributed by atoms with Crippen LogP contribution in [0.1, 0.15) is 63.7 Å². The van der Waals surface area contributed by atoms with Gasteiger partial charge in [-0.3, -0.25) is 0 Å². The third kappa shape index (κ3) is 3.60. The number of likely N-dealkylation sites (N-methyl/N-ethyl adjacent to an activating group) is 1. The second-order valence-corrected chi connectivity index (χ2v) is 7.63. The van der Waals surface area contributed by atoms with Crippen LogP contribution in [0.3, 0.4) is 0 Å². The van der Waals surface area contributed by atoms with Crippen LogP contribution >= 0.6 is 11.8 Å². The zero-order valence-corrected chi connectivity index (χ0v) is 13.8. The van der Waals surface area contributed by atoms with Crippen molar-refractivity contribution in [3.05, 3.63) is 5.82 Å². The highest BCUT2D eigenvalue weighted by molar-refractivity contribution is 7.99. The standard InChI is InChI=1S/C15H26N4OS/c1-3-16-15(2,10-20)8-9-21-14-18-17-13(11-4-5-11)19(14)12-6-7-12/h11-12,16,20H,3-10H2,1-2H3. The van der Waals surface area contributed by atoms with E-state index in [4.69, 9.17) is 0 Å². The van der Waals surface area contributed by atoms with E-state index in [0.717, 1.165) is 23.9 Å². The Labute approximate surface area is 130 Å². The second-order valence-electron chi connectivity index (χ2n) is 6.56. The zero-order valence-electron chi connectivity index (χ0n) is 13.0. The highest BCUT2D eigenvalue weighted by Gasteiger charge is 2.36. The fourth-order valence-corrected chi connectivity index (χ4v) is 3.92. The summed E-state index contributed by atoms with van der Waals surface area (Å²) in [6.07, 6.45) is 6.03. The minimum atomic E-state index is -0.189. The molecule has 1 heterocycles. The minimum absolute atomic E-state index is 0.171. The Morgan fingerprint density at radius 1 is 1.33 bits per heavy atom. The first-order valence-electron chi connectivity index (χ1n) is 8.10. The van der Waals surface area contributed by atoms with Crippen LogP contribution in [-0.4, -0.2) is 44.3 Å². The number of thioether (sulfide) groups is 1. The van der Waals surface area contributed by atoms with Crippen molar-refractivity contribution in [3.8, 4) is 0 Å². The molecule has 2 saturated carbocycles. The van der Waals surface area contributed by atoms with Crippen molar-refractivity contribution < 1.29 is 5.11 Å². The molecule has 2 fully saturated rings. The summed E-state index contributed by atoms with van der Waals surface area (Å²) in [6, 6.07) is 0.649. The molecule has 1 atom stereocenters. The molecule has 5 nitrogen and oxygen atoms in total. The SMILES string of the molecule is CCNC(C)(CO)CCSc1nnc(C2CC2)n1C1CC1. The maximum absolute atomic E-state index is 9.55. The predicted molar refractivity (Wildman–Crippen MR) is 84.8 cm³/mol. The summed E-state index contributed by atoms with van der Waals surface area (Å²) >= 11 is 1.79. The highest BCUT2D eigenvalue weighted by Crippen LogP contribution is 2.46. The maximum Gasteiger partial charge on any atom is 0.191 e. The fraction of sp³-hybridized carbons (Fsp3) is 0.867. The van der Waals surface area contributed by atoms with Gasteiger partial charge in [0.2, 0.25) is 0 Å². The average Bonchev–Trinajstić information content (AvgIpc) is 3.38. The lowest BCUT2D eigenvalue weighted by atomic mass is 10.0. The van der Waals surface area contributed by atoms with Crippen LogP contribution < -0.4 is 5.32 Å². The molecule has 0 aromatic carbocycles. The fourth-order valence-electron chi connectivity index (χ4n) is 2.70. The molecule has 0 radical (unpaired) electrons. The van der Waals surface area contributed by atoms with Gasteiger partial charge in [0.05, 0.1) is 6.61 Å². The van der Waals surface area contributed by atoms with Crippen molar-refractivity contribution in [3.63, 3.8) is 0 Å². The number of aliphatic hydroxyl groups excluding tert-OH is 1. The van der Waals surface area contributed by atoms with Gasteiger partial charge in [-0.2, -0.15) is 0 Å². The molecule has 2 aliphatic carbocycles. The Balaban J connectivity index is 1.60. The van der Waals surface area contributed by atoms with Gasteiger partial charge in [0.15, 0.2) is 5.16 Å². The molecule has 2 aliphatic rings. The lowest BCUT2D eigenvalue weighted by molar-refractivity contribution is 0.173. The van der Waals surface area contributed by atoms with Gasteiger partial charge in [-0.25, -0.2) is 0 Å². The van der Waals surface area contributed by atoms with Crippen LogP contribution in [0.2, 0.25) is 0 Å². The van der Waals surface area contributed by atoms with Crippen molar-refractivity contribution in [1.82, 2.24) is 20.1 Å². The summed E-state index contributed by atoms with van der Waals surface area (Å²) in [4.78, 5) is 0. The van der Waals surface area contributed by atoms with Gasteiger partial charge in [0.1, 0.15) is 5.82 Å². The summed E-state index contributed by atoms with van der Waals surface area (Å²) in [5, 5.41) is 22.9. The highest BCUT2D eigenvalue weighted by atomic mass is 32.2. The largest absolute Gasteiger partial charge is 0.394 e. The number of nitrogens with one attached hydrogen (secondary N) is 1. The number of hydrogen-bond acceptors (Lipinski definition) is 5. The molecule has 0 bridgehead atoms. The molecule has 0 spiro atoms. The van der Waals surface area contributed by atoms with Gasteiger partial charge in [0.25, 0.3) is 0 Å². The second kappa shape index (κ2) is 6.26. The van der Waals surface area contributed by atoms with Gasteiger partial charge in [0, 0.05) is 23.3 Å². The van der Waals surface area contributed by atoms with Crippen LogP contribution in [0.25, 0.3) is 0 Å². The molecule has 6 heteroatoms. The van der Waals surface area contributed by atoms with Crippen molar-refractivity contribution >= 4 is 11.8 Å². The Kier molecular flexibility index (Phi) is 4.57. The number of rotatable bonds is 9. The van der Waals surface area contributed by atoms with Crippen molar-refractivity contribution in [2.45, 2.75) is 68.6 Å². The molecule has 3 rings (SSSR count). The number of hydrogen-bond donors (Lipinski definition) is 2. The van der Waals surface area contributed by atoms with Crippen LogP contribution in [0.15, 0.2) is 5.16 Å². The van der Waals surface area contributed by atoms with E-state index in [0.29, 0.717) is 12.0 Å². The first kappa shape index (κ1) is 15.3. The topological polar surface area (TPSA) is 63.0 Å². The first-order valence-corrected chi connectivity index (χ1v) is 9.09. The normalized spacial score (nSPS) is 21.5. The smallest absolute Gasteiger partial charge is 0.191 e. The monoisotopic (exact) mass is 310 g/mol. The summed E-state index contributed by atoms with van der Waals surface area (Å²) in [6.45, 7) is 5.21. The molecule has 0 amide bonds. The first-order chi connectivity index (χ1) is 10.2. The Bertz CT molecular complexity index is 484. The van der Waals surface area contributed by atoms with E-state index in [2.05, 4.69) is 33.9 Å². The van der Waals surface area contributed by atoms with Gasteiger partial charge in [-0.1, -0.05) is 18.7 Å². The lowest BCUT2D eigenvalue weighted by Gasteiger charge is -2.28. The molecule has 21 heavy (non-hydrogen) atoms. The third-order valence-corrected chi connectivity index (χ3v) is 5.33. The quantitative estimate of drug-likeness (QED) is 0.686. The lowest BCUT2D eigenvalue weighted by Crippen LogP contribution is -2.46. The Hall–Kier alpha value is -0.590. The van der Waals surface area contributed by atoms with Crippen LogP contribution in [0.4, 0.5) is 0 Å². The van der Waals surface area contributed by atoms with E-state index in [1.54, 1.807) is 11.8 Å². The summed E-state index contributed by atoms with van der Waals surface area (Å²) in [5.41, 5.74) is -0.189. The van der Waals surface area contributed by atoms with Crippen molar-refractivity contribution in [2.24, 2.45) is 0 Å². The van der Waals surface area contributed by atoms with Crippen molar-refractivity contribution in [2.75, 3.05) is 18.9 Å². The van der Waals surface area contributed by atoms with Gasteiger partial charge in [-0.15, -0.1) is 10.2 Å². The molecular weight excluding hydrogens is 284 g/mol. The van der Waals surface area contributed by atoms with E-state index in [9.17, 15) is 5.11 Å². The van der Waals surface area contributed by atoms with Crippen LogP contribution in [0.5, 0.6) is 0 Å². The van der Waals surface area contributed by atoms with E-state index < -0.39 is 0 Å². The van der Waals surface area contributed by atoms with Crippen LogP contribution in [0, 0.1) is 0 Å². The number of nitrogens with zero attached hydrogens (tertiary/aromatic N) is 3. The number of aromatic nitrogens is 3. The average molecular weight is 310 g/mol. The molecule has 118 valence electrons. The van der Waals surface area contributed by atoms with E-state index in [1.807, 2.05) is 0 Å². The predicted octanol–water partition coefficient (Wildman–Crippen LogP) is 2.33. The number of aliphatic hydroxyl groups is 1.